The maximum atomic E-state index is 12.9. The van der Waals surface area contributed by atoms with Crippen LogP contribution in [-0.4, -0.2) is 46.1 Å². The number of imidazole rings is 1. The highest BCUT2D eigenvalue weighted by Gasteiger charge is 2.37. The van der Waals surface area contributed by atoms with Gasteiger partial charge in [-0.2, -0.15) is 0 Å². The lowest BCUT2D eigenvalue weighted by atomic mass is 10.2. The first-order chi connectivity index (χ1) is 16.8. The van der Waals surface area contributed by atoms with E-state index in [0.29, 0.717) is 40.4 Å². The zero-order valence-electron chi connectivity index (χ0n) is 17.6. The van der Waals surface area contributed by atoms with Crippen LogP contribution in [0.15, 0.2) is 79.0 Å². The lowest BCUT2D eigenvalue weighted by Crippen LogP contribution is -2.29. The molecule has 0 bridgehead atoms. The van der Waals surface area contributed by atoms with Crippen LogP contribution in [0.3, 0.4) is 0 Å². The highest BCUT2D eigenvalue weighted by atomic mass is 32.2. The topological polar surface area (TPSA) is 103 Å². The molecule has 0 saturated carbocycles. The Kier molecular flexibility index (Phi) is 5.32. The van der Waals surface area contributed by atoms with Crippen molar-refractivity contribution in [3.8, 4) is 28.7 Å². The standard InChI is InChI=1S/C23H16N8OS2/c32-20-13-34-21(19-6-3-10-33-19)31(20)23-28-16(15-5-1-2-7-24-15)11-17(29-23)18-12-30(14-27-18)22-25-8-4-9-26-22/h1-12,14,21H,13H2. The van der Waals surface area contributed by atoms with Crippen molar-refractivity contribution in [3.05, 3.63) is 83.8 Å². The largest absolute Gasteiger partial charge is 0.274 e. The molecule has 6 rings (SSSR count). The van der Waals surface area contributed by atoms with Crippen molar-refractivity contribution in [2.75, 3.05) is 10.7 Å². The van der Waals surface area contributed by atoms with Gasteiger partial charge in [0.1, 0.15) is 17.4 Å². The SMILES string of the molecule is O=C1CSC(c2cccs2)N1c1nc(-c2ccccn2)cc(-c2cn(-c3ncccn3)cn2)n1. The van der Waals surface area contributed by atoms with Crippen molar-refractivity contribution in [2.24, 2.45) is 0 Å². The van der Waals surface area contributed by atoms with Gasteiger partial charge in [0.15, 0.2) is 0 Å². The fraction of sp³-hybridized carbons (Fsp3) is 0.0870. The first-order valence-electron chi connectivity index (χ1n) is 10.4. The smallest absolute Gasteiger partial charge is 0.240 e. The maximum Gasteiger partial charge on any atom is 0.240 e. The Bertz CT molecular complexity index is 1440. The van der Waals surface area contributed by atoms with Crippen LogP contribution in [0.4, 0.5) is 5.95 Å². The van der Waals surface area contributed by atoms with E-state index < -0.39 is 0 Å². The number of thiophene rings is 1. The fourth-order valence-corrected chi connectivity index (χ4v) is 5.70. The molecule has 0 spiro atoms. The van der Waals surface area contributed by atoms with Crippen LogP contribution < -0.4 is 4.90 Å². The molecule has 1 aliphatic heterocycles. The molecule has 1 atom stereocenters. The Morgan fingerprint density at radius 3 is 2.41 bits per heavy atom. The average Bonchev–Trinajstić information content (AvgIpc) is 3.66. The number of thioether (sulfide) groups is 1. The zero-order valence-corrected chi connectivity index (χ0v) is 19.2. The monoisotopic (exact) mass is 484 g/mol. The Morgan fingerprint density at radius 1 is 0.824 bits per heavy atom. The van der Waals surface area contributed by atoms with Gasteiger partial charge < -0.3 is 0 Å². The molecule has 1 fully saturated rings. The van der Waals surface area contributed by atoms with E-state index in [1.54, 1.807) is 69.7 Å². The van der Waals surface area contributed by atoms with Gasteiger partial charge in [-0.1, -0.05) is 12.1 Å². The van der Waals surface area contributed by atoms with Gasteiger partial charge in [0.05, 0.1) is 22.8 Å². The van der Waals surface area contributed by atoms with Crippen molar-refractivity contribution in [1.82, 2.24) is 34.5 Å². The fourth-order valence-electron chi connectivity index (χ4n) is 3.59. The number of anilines is 1. The van der Waals surface area contributed by atoms with Gasteiger partial charge in [0.25, 0.3) is 0 Å². The van der Waals surface area contributed by atoms with E-state index in [2.05, 4.69) is 19.9 Å². The third kappa shape index (κ3) is 3.84. The Hall–Kier alpha value is -3.96. The van der Waals surface area contributed by atoms with Gasteiger partial charge in [-0.15, -0.1) is 23.1 Å². The summed E-state index contributed by atoms with van der Waals surface area (Å²) in [5.74, 6) is 1.17. The molecule has 0 aromatic carbocycles. The molecule has 5 aromatic rings. The van der Waals surface area contributed by atoms with Gasteiger partial charge in [-0.05, 0) is 35.7 Å². The molecule has 0 radical (unpaired) electrons. The molecule has 11 heteroatoms. The van der Waals surface area contributed by atoms with E-state index in [-0.39, 0.29) is 11.3 Å². The molecule has 1 amide bonds. The first-order valence-corrected chi connectivity index (χ1v) is 12.3. The van der Waals surface area contributed by atoms with Gasteiger partial charge in [0.2, 0.25) is 17.8 Å². The van der Waals surface area contributed by atoms with Crippen LogP contribution in [0.2, 0.25) is 0 Å². The molecular weight excluding hydrogens is 468 g/mol. The van der Waals surface area contributed by atoms with Crippen molar-refractivity contribution in [1.29, 1.82) is 0 Å². The number of amides is 1. The number of hydrogen-bond donors (Lipinski definition) is 0. The van der Waals surface area contributed by atoms with E-state index in [9.17, 15) is 4.79 Å². The highest BCUT2D eigenvalue weighted by Crippen LogP contribution is 2.43. The second-order valence-electron chi connectivity index (χ2n) is 7.31. The second-order valence-corrected chi connectivity index (χ2v) is 9.36. The van der Waals surface area contributed by atoms with E-state index >= 15 is 0 Å². The summed E-state index contributed by atoms with van der Waals surface area (Å²) in [5, 5.41) is 1.83. The summed E-state index contributed by atoms with van der Waals surface area (Å²) in [4.78, 5) is 42.7. The van der Waals surface area contributed by atoms with Crippen molar-refractivity contribution >= 4 is 35.0 Å². The van der Waals surface area contributed by atoms with Crippen LogP contribution in [0.1, 0.15) is 10.3 Å². The molecule has 1 unspecified atom stereocenters. The summed E-state index contributed by atoms with van der Waals surface area (Å²) in [6.45, 7) is 0. The molecule has 9 nitrogen and oxygen atoms in total. The summed E-state index contributed by atoms with van der Waals surface area (Å²) in [6.07, 6.45) is 8.50. The van der Waals surface area contributed by atoms with E-state index in [0.717, 1.165) is 4.88 Å². The predicted molar refractivity (Wildman–Crippen MR) is 130 cm³/mol. The summed E-state index contributed by atoms with van der Waals surface area (Å²) in [7, 11) is 0. The van der Waals surface area contributed by atoms with Gasteiger partial charge in [0, 0.05) is 29.7 Å². The first kappa shape index (κ1) is 20.6. The number of rotatable bonds is 5. The van der Waals surface area contributed by atoms with E-state index in [1.807, 2.05) is 41.8 Å². The van der Waals surface area contributed by atoms with Gasteiger partial charge in [-0.25, -0.2) is 24.9 Å². The molecule has 6 heterocycles. The average molecular weight is 485 g/mol. The van der Waals surface area contributed by atoms with Gasteiger partial charge >= 0.3 is 0 Å². The second kappa shape index (κ2) is 8.76. The number of hydrogen-bond acceptors (Lipinski definition) is 9. The maximum absolute atomic E-state index is 12.9. The summed E-state index contributed by atoms with van der Waals surface area (Å²) in [6, 6.07) is 13.2. The molecule has 1 saturated heterocycles. The summed E-state index contributed by atoms with van der Waals surface area (Å²) >= 11 is 3.18. The Labute approximate surface area is 202 Å². The van der Waals surface area contributed by atoms with Gasteiger partial charge in [-0.3, -0.25) is 19.2 Å². The molecule has 166 valence electrons. The van der Waals surface area contributed by atoms with Crippen molar-refractivity contribution in [2.45, 2.75) is 5.37 Å². The van der Waals surface area contributed by atoms with Crippen LogP contribution in [0.25, 0.3) is 28.7 Å². The van der Waals surface area contributed by atoms with Crippen LogP contribution in [0, 0.1) is 0 Å². The summed E-state index contributed by atoms with van der Waals surface area (Å²) < 4.78 is 1.73. The third-order valence-corrected chi connectivity index (χ3v) is 7.41. The number of aromatic nitrogens is 7. The normalized spacial score (nSPS) is 15.7. The highest BCUT2D eigenvalue weighted by molar-refractivity contribution is 8.01. The lowest BCUT2D eigenvalue weighted by molar-refractivity contribution is -0.115. The molecule has 0 aliphatic carbocycles. The minimum atomic E-state index is -0.172. The number of carbonyl (C=O) groups is 1. The van der Waals surface area contributed by atoms with Crippen molar-refractivity contribution in [3.63, 3.8) is 0 Å². The van der Waals surface area contributed by atoms with Crippen LogP contribution in [0.5, 0.6) is 0 Å². The van der Waals surface area contributed by atoms with Crippen LogP contribution >= 0.6 is 23.1 Å². The van der Waals surface area contributed by atoms with E-state index in [4.69, 9.17) is 9.97 Å². The number of pyridine rings is 1. The number of carbonyl (C=O) groups excluding carboxylic acids is 1. The molecular formula is C23H16N8OS2. The summed E-state index contributed by atoms with van der Waals surface area (Å²) in [5.41, 5.74) is 2.49. The quantitative estimate of drug-likeness (QED) is 0.369. The zero-order chi connectivity index (χ0) is 22.9. The molecule has 1 aliphatic rings. The predicted octanol–water partition coefficient (Wildman–Crippen LogP) is 4.02. The number of nitrogens with zero attached hydrogens (tertiary/aromatic N) is 8. The molecule has 34 heavy (non-hydrogen) atoms. The molecule has 5 aromatic heterocycles. The minimum absolute atomic E-state index is 0.0317. The van der Waals surface area contributed by atoms with Crippen LogP contribution in [-0.2, 0) is 4.79 Å². The Balaban J connectivity index is 1.47. The van der Waals surface area contributed by atoms with Crippen molar-refractivity contribution < 1.29 is 4.79 Å². The lowest BCUT2D eigenvalue weighted by Gasteiger charge is -2.22. The Morgan fingerprint density at radius 2 is 1.65 bits per heavy atom. The molecule has 0 N–H and O–H groups in total. The third-order valence-electron chi connectivity index (χ3n) is 5.14. The minimum Gasteiger partial charge on any atom is -0.274 e. The van der Waals surface area contributed by atoms with E-state index in [1.165, 1.54) is 0 Å².